The molecule has 1 aliphatic rings. The van der Waals surface area contributed by atoms with Gasteiger partial charge in [0.05, 0.1) is 0 Å². The van der Waals surface area contributed by atoms with E-state index in [1.165, 1.54) is 50.5 Å². The van der Waals surface area contributed by atoms with Gasteiger partial charge in [0, 0.05) is 6.04 Å². The Hall–Kier alpha value is -0.340. The Morgan fingerprint density at radius 3 is 2.88 bits per heavy atom. The Morgan fingerprint density at radius 2 is 2.25 bits per heavy atom. The summed E-state index contributed by atoms with van der Waals surface area (Å²) in [5.74, 6) is 1.000. The quantitative estimate of drug-likeness (QED) is 0.792. The van der Waals surface area contributed by atoms with Crippen LogP contribution in [0.4, 0.5) is 0 Å². The van der Waals surface area contributed by atoms with Crippen molar-refractivity contribution in [2.75, 3.05) is 7.05 Å². The van der Waals surface area contributed by atoms with Crippen molar-refractivity contribution in [3.05, 3.63) is 22.4 Å². The fraction of sp³-hybridized carbons (Fsp3) is 0.714. The highest BCUT2D eigenvalue weighted by atomic mass is 32.1. The van der Waals surface area contributed by atoms with Crippen LogP contribution in [0.1, 0.15) is 44.1 Å². The van der Waals surface area contributed by atoms with Gasteiger partial charge in [0.15, 0.2) is 0 Å². The SMILES string of the molecule is CNC(CCc1ccsc1)CC1CCCC1. The van der Waals surface area contributed by atoms with Gasteiger partial charge in [-0.2, -0.15) is 11.3 Å². The summed E-state index contributed by atoms with van der Waals surface area (Å²) < 4.78 is 0. The summed E-state index contributed by atoms with van der Waals surface area (Å²) in [5, 5.41) is 7.96. The molecule has 0 saturated heterocycles. The third-order valence-electron chi connectivity index (χ3n) is 3.86. The van der Waals surface area contributed by atoms with Crippen LogP contribution in [0.5, 0.6) is 0 Å². The summed E-state index contributed by atoms with van der Waals surface area (Å²) >= 11 is 1.81. The zero-order valence-corrected chi connectivity index (χ0v) is 11.1. The topological polar surface area (TPSA) is 12.0 Å². The molecule has 1 unspecified atom stereocenters. The van der Waals surface area contributed by atoms with Crippen LogP contribution < -0.4 is 5.32 Å². The van der Waals surface area contributed by atoms with Crippen LogP contribution in [0.3, 0.4) is 0 Å². The molecule has 0 radical (unpaired) electrons. The Morgan fingerprint density at radius 1 is 1.44 bits per heavy atom. The van der Waals surface area contributed by atoms with Crippen LogP contribution in [0.15, 0.2) is 16.8 Å². The lowest BCUT2D eigenvalue weighted by Gasteiger charge is -2.19. The average Bonchev–Trinajstić information content (AvgIpc) is 2.97. The van der Waals surface area contributed by atoms with Gasteiger partial charge in [0.25, 0.3) is 0 Å². The van der Waals surface area contributed by atoms with Crippen molar-refractivity contribution in [2.24, 2.45) is 5.92 Å². The monoisotopic (exact) mass is 237 g/mol. The highest BCUT2D eigenvalue weighted by Gasteiger charge is 2.19. The predicted molar refractivity (Wildman–Crippen MR) is 72.1 cm³/mol. The number of hydrogen-bond acceptors (Lipinski definition) is 2. The van der Waals surface area contributed by atoms with Gasteiger partial charge in [-0.25, -0.2) is 0 Å². The first kappa shape index (κ1) is 12.1. The van der Waals surface area contributed by atoms with Crippen LogP contribution in [-0.2, 0) is 6.42 Å². The summed E-state index contributed by atoms with van der Waals surface area (Å²) in [6.45, 7) is 0. The Balaban J connectivity index is 1.72. The largest absolute Gasteiger partial charge is 0.317 e. The van der Waals surface area contributed by atoms with Crippen LogP contribution >= 0.6 is 11.3 Å². The maximum Gasteiger partial charge on any atom is 0.00698 e. The molecule has 0 amide bonds. The van der Waals surface area contributed by atoms with Gasteiger partial charge in [-0.15, -0.1) is 0 Å². The minimum Gasteiger partial charge on any atom is -0.317 e. The number of thiophene rings is 1. The number of rotatable bonds is 6. The molecule has 0 aromatic carbocycles. The van der Waals surface area contributed by atoms with E-state index in [1.54, 1.807) is 0 Å². The summed E-state index contributed by atoms with van der Waals surface area (Å²) in [5.41, 5.74) is 1.51. The van der Waals surface area contributed by atoms with Crippen LogP contribution in [0, 0.1) is 5.92 Å². The molecule has 1 aromatic heterocycles. The van der Waals surface area contributed by atoms with Gasteiger partial charge in [-0.3, -0.25) is 0 Å². The molecule has 1 atom stereocenters. The van der Waals surface area contributed by atoms with Gasteiger partial charge < -0.3 is 5.32 Å². The van der Waals surface area contributed by atoms with Crippen molar-refractivity contribution in [1.82, 2.24) is 5.32 Å². The molecular weight excluding hydrogens is 214 g/mol. The van der Waals surface area contributed by atoms with Gasteiger partial charge in [-0.1, -0.05) is 25.7 Å². The molecule has 1 aliphatic carbocycles. The lowest BCUT2D eigenvalue weighted by Crippen LogP contribution is -2.27. The van der Waals surface area contributed by atoms with E-state index in [1.807, 2.05) is 11.3 Å². The molecule has 1 saturated carbocycles. The molecule has 1 N–H and O–H groups in total. The maximum atomic E-state index is 3.49. The standard InChI is InChI=1S/C14H23NS/c1-15-14(10-12-4-2-3-5-12)7-6-13-8-9-16-11-13/h8-9,11-12,14-15H,2-7,10H2,1H3. The molecule has 2 rings (SSSR count). The van der Waals surface area contributed by atoms with E-state index in [2.05, 4.69) is 29.2 Å². The summed E-state index contributed by atoms with van der Waals surface area (Å²) in [6.07, 6.45) is 9.79. The molecule has 0 bridgehead atoms. The van der Waals surface area contributed by atoms with Crippen molar-refractivity contribution in [3.63, 3.8) is 0 Å². The van der Waals surface area contributed by atoms with Gasteiger partial charge in [0.1, 0.15) is 0 Å². The van der Waals surface area contributed by atoms with Crippen molar-refractivity contribution >= 4 is 11.3 Å². The van der Waals surface area contributed by atoms with E-state index in [-0.39, 0.29) is 0 Å². The lowest BCUT2D eigenvalue weighted by atomic mass is 9.95. The van der Waals surface area contributed by atoms with E-state index < -0.39 is 0 Å². The van der Waals surface area contributed by atoms with Crippen LogP contribution in [-0.4, -0.2) is 13.1 Å². The van der Waals surface area contributed by atoms with E-state index in [0.29, 0.717) is 0 Å². The zero-order valence-electron chi connectivity index (χ0n) is 10.2. The fourth-order valence-corrected chi connectivity index (χ4v) is 3.51. The number of aryl methyl sites for hydroxylation is 1. The predicted octanol–water partition coefficient (Wildman–Crippen LogP) is 3.85. The van der Waals surface area contributed by atoms with Gasteiger partial charge in [-0.05, 0) is 54.6 Å². The zero-order chi connectivity index (χ0) is 11.2. The highest BCUT2D eigenvalue weighted by Crippen LogP contribution is 2.29. The second-order valence-corrected chi connectivity index (χ2v) is 5.82. The molecule has 1 aromatic rings. The summed E-state index contributed by atoms with van der Waals surface area (Å²) in [6, 6.07) is 2.98. The van der Waals surface area contributed by atoms with E-state index in [0.717, 1.165) is 12.0 Å². The van der Waals surface area contributed by atoms with Crippen LogP contribution in [0.2, 0.25) is 0 Å². The molecule has 2 heteroatoms. The molecular formula is C14H23NS. The molecule has 0 spiro atoms. The van der Waals surface area contributed by atoms with E-state index in [9.17, 15) is 0 Å². The van der Waals surface area contributed by atoms with Crippen LogP contribution in [0.25, 0.3) is 0 Å². The van der Waals surface area contributed by atoms with Gasteiger partial charge in [0.2, 0.25) is 0 Å². The molecule has 90 valence electrons. The van der Waals surface area contributed by atoms with Crippen molar-refractivity contribution in [2.45, 2.75) is 51.0 Å². The van der Waals surface area contributed by atoms with Gasteiger partial charge >= 0.3 is 0 Å². The second kappa shape index (κ2) is 6.41. The Kier molecular flexibility index (Phi) is 4.86. The summed E-state index contributed by atoms with van der Waals surface area (Å²) in [7, 11) is 2.12. The van der Waals surface area contributed by atoms with Crippen molar-refractivity contribution in [1.29, 1.82) is 0 Å². The molecule has 0 aliphatic heterocycles. The molecule has 1 heterocycles. The number of nitrogens with one attached hydrogen (secondary N) is 1. The second-order valence-electron chi connectivity index (χ2n) is 5.04. The Labute approximate surface area is 103 Å². The minimum atomic E-state index is 0.725. The first-order valence-corrected chi connectivity index (χ1v) is 7.51. The highest BCUT2D eigenvalue weighted by molar-refractivity contribution is 7.07. The smallest absolute Gasteiger partial charge is 0.00698 e. The fourth-order valence-electron chi connectivity index (χ4n) is 2.80. The summed E-state index contributed by atoms with van der Waals surface area (Å²) in [4.78, 5) is 0. The third kappa shape index (κ3) is 3.60. The lowest BCUT2D eigenvalue weighted by molar-refractivity contribution is 0.388. The maximum absolute atomic E-state index is 3.49. The third-order valence-corrected chi connectivity index (χ3v) is 4.59. The molecule has 1 nitrogen and oxygen atoms in total. The molecule has 1 fully saturated rings. The minimum absolute atomic E-state index is 0.725. The van der Waals surface area contributed by atoms with E-state index in [4.69, 9.17) is 0 Å². The number of hydrogen-bond donors (Lipinski definition) is 1. The average molecular weight is 237 g/mol. The Bertz CT molecular complexity index is 275. The van der Waals surface area contributed by atoms with E-state index >= 15 is 0 Å². The normalized spacial score (nSPS) is 19.1. The van der Waals surface area contributed by atoms with Crippen molar-refractivity contribution < 1.29 is 0 Å². The first-order valence-electron chi connectivity index (χ1n) is 6.57. The molecule has 16 heavy (non-hydrogen) atoms. The van der Waals surface area contributed by atoms with Crippen molar-refractivity contribution in [3.8, 4) is 0 Å². The first-order chi connectivity index (χ1) is 7.88.